The summed E-state index contributed by atoms with van der Waals surface area (Å²) in [5.74, 6) is 0.242. The third-order valence-corrected chi connectivity index (χ3v) is 2.39. The van der Waals surface area contributed by atoms with E-state index in [0.29, 0.717) is 5.82 Å². The van der Waals surface area contributed by atoms with Crippen LogP contribution >= 0.6 is 0 Å². The predicted octanol–water partition coefficient (Wildman–Crippen LogP) is -0.162. The normalized spacial score (nSPS) is 14.5. The van der Waals surface area contributed by atoms with Gasteiger partial charge >= 0.3 is 5.97 Å². The molecule has 1 aliphatic heterocycles. The molecule has 5 heteroatoms. The summed E-state index contributed by atoms with van der Waals surface area (Å²) in [6.07, 6.45) is 2.83. The molecular weight excluding hydrogens is 194 g/mol. The van der Waals surface area contributed by atoms with Gasteiger partial charge in [0.15, 0.2) is 0 Å². The van der Waals surface area contributed by atoms with E-state index in [2.05, 4.69) is 20.0 Å². The lowest BCUT2D eigenvalue weighted by Crippen LogP contribution is -2.25. The number of rotatable bonds is 2. The molecule has 0 bridgehead atoms. The first-order chi connectivity index (χ1) is 7.29. The number of carbonyl (C=O) groups excluding carboxylic acids is 1. The van der Waals surface area contributed by atoms with Crippen LogP contribution in [0.15, 0.2) is 6.20 Å². The third-order valence-electron chi connectivity index (χ3n) is 2.39. The quantitative estimate of drug-likeness (QED) is 0.682. The first-order valence-corrected chi connectivity index (χ1v) is 4.91. The lowest BCUT2D eigenvalue weighted by molar-refractivity contribution is -0.139. The van der Waals surface area contributed by atoms with Crippen LogP contribution in [0.5, 0.6) is 0 Å². The summed E-state index contributed by atoms with van der Waals surface area (Å²) in [7, 11) is 1.37. The van der Waals surface area contributed by atoms with Crippen LogP contribution in [0.25, 0.3) is 0 Å². The minimum absolute atomic E-state index is 0.150. The molecule has 1 aliphatic rings. The average molecular weight is 207 g/mol. The molecule has 2 rings (SSSR count). The molecule has 5 nitrogen and oxygen atoms in total. The van der Waals surface area contributed by atoms with Gasteiger partial charge in [0.05, 0.1) is 7.11 Å². The van der Waals surface area contributed by atoms with Crippen molar-refractivity contribution in [1.82, 2.24) is 15.3 Å². The second-order valence-corrected chi connectivity index (χ2v) is 3.44. The summed E-state index contributed by atoms with van der Waals surface area (Å²) in [4.78, 5) is 19.5. The van der Waals surface area contributed by atoms with E-state index < -0.39 is 0 Å². The molecular formula is C10H13N3O2. The van der Waals surface area contributed by atoms with E-state index in [1.54, 1.807) is 6.20 Å². The molecule has 0 saturated heterocycles. The summed E-state index contributed by atoms with van der Waals surface area (Å²) in [5.41, 5.74) is 2.16. The molecule has 1 aromatic rings. The number of methoxy groups -OCH3 is 1. The summed E-state index contributed by atoms with van der Waals surface area (Å²) in [6.45, 7) is 1.75. The highest BCUT2D eigenvalue weighted by atomic mass is 16.5. The fourth-order valence-electron chi connectivity index (χ4n) is 1.56. The molecule has 1 aromatic heterocycles. The maximum Gasteiger partial charge on any atom is 0.313 e. The zero-order valence-electron chi connectivity index (χ0n) is 8.62. The molecule has 1 N–H and O–H groups in total. The topological polar surface area (TPSA) is 64.1 Å². The molecule has 80 valence electrons. The van der Waals surface area contributed by atoms with Crippen molar-refractivity contribution in [2.75, 3.05) is 13.7 Å². The van der Waals surface area contributed by atoms with Gasteiger partial charge in [0.2, 0.25) is 0 Å². The van der Waals surface area contributed by atoms with Crippen molar-refractivity contribution < 1.29 is 9.53 Å². The van der Waals surface area contributed by atoms with E-state index in [4.69, 9.17) is 0 Å². The van der Waals surface area contributed by atoms with Crippen LogP contribution in [0.4, 0.5) is 0 Å². The summed E-state index contributed by atoms with van der Waals surface area (Å²) >= 11 is 0. The van der Waals surface area contributed by atoms with Gasteiger partial charge in [-0.1, -0.05) is 0 Å². The summed E-state index contributed by atoms with van der Waals surface area (Å²) in [5, 5.41) is 3.24. The van der Waals surface area contributed by atoms with E-state index in [0.717, 1.165) is 30.8 Å². The number of carbonyl (C=O) groups is 1. The van der Waals surface area contributed by atoms with Crippen molar-refractivity contribution in [2.45, 2.75) is 19.4 Å². The fourth-order valence-corrected chi connectivity index (χ4v) is 1.56. The third kappa shape index (κ3) is 2.30. The van der Waals surface area contributed by atoms with Crippen LogP contribution in [0, 0.1) is 0 Å². The average Bonchev–Trinajstić information content (AvgIpc) is 2.29. The second-order valence-electron chi connectivity index (χ2n) is 3.44. The minimum atomic E-state index is -0.302. The molecule has 0 atom stereocenters. The molecule has 0 radical (unpaired) electrons. The molecule has 15 heavy (non-hydrogen) atoms. The van der Waals surface area contributed by atoms with Crippen molar-refractivity contribution in [3.8, 4) is 0 Å². The Kier molecular flexibility index (Phi) is 2.91. The van der Waals surface area contributed by atoms with Crippen LogP contribution in [0.1, 0.15) is 17.1 Å². The molecule has 0 aliphatic carbocycles. The van der Waals surface area contributed by atoms with E-state index in [9.17, 15) is 4.79 Å². The number of esters is 1. The van der Waals surface area contributed by atoms with E-state index in [-0.39, 0.29) is 12.4 Å². The number of aromatic nitrogens is 2. The first kappa shape index (κ1) is 10.0. The van der Waals surface area contributed by atoms with Crippen molar-refractivity contribution in [3.05, 3.63) is 23.3 Å². The Balaban J connectivity index is 2.17. The van der Waals surface area contributed by atoms with Crippen molar-refractivity contribution in [2.24, 2.45) is 0 Å². The minimum Gasteiger partial charge on any atom is -0.469 e. The van der Waals surface area contributed by atoms with Gasteiger partial charge in [-0.05, 0) is 0 Å². The standard InChI is InChI=1S/C10H13N3O2/c1-15-10(14)4-9-12-6-7-5-11-3-2-8(7)13-9/h6,11H,2-5H2,1H3. The zero-order chi connectivity index (χ0) is 10.7. The maximum atomic E-state index is 11.0. The van der Waals surface area contributed by atoms with Crippen LogP contribution in [-0.4, -0.2) is 29.6 Å². The second kappa shape index (κ2) is 4.35. The lowest BCUT2D eigenvalue weighted by Gasteiger charge is -2.15. The molecule has 0 fully saturated rings. The fraction of sp³-hybridized carbons (Fsp3) is 0.500. The van der Waals surface area contributed by atoms with Crippen molar-refractivity contribution in [1.29, 1.82) is 0 Å². The Hall–Kier alpha value is -1.49. The Morgan fingerprint density at radius 3 is 3.33 bits per heavy atom. The Labute approximate surface area is 87.9 Å². The monoisotopic (exact) mass is 207 g/mol. The SMILES string of the molecule is COC(=O)Cc1ncc2c(n1)CCNC2. The predicted molar refractivity (Wildman–Crippen MR) is 53.2 cm³/mol. The number of fused-ring (bicyclic) bond motifs is 1. The Bertz CT molecular complexity index is 379. The molecule has 2 heterocycles. The van der Waals surface area contributed by atoms with Crippen molar-refractivity contribution >= 4 is 5.97 Å². The largest absolute Gasteiger partial charge is 0.469 e. The highest BCUT2D eigenvalue weighted by Crippen LogP contribution is 2.10. The number of nitrogens with one attached hydrogen (secondary N) is 1. The van der Waals surface area contributed by atoms with Gasteiger partial charge in [-0.3, -0.25) is 4.79 Å². The van der Waals surface area contributed by atoms with Gasteiger partial charge in [0.1, 0.15) is 12.2 Å². The molecule has 0 saturated carbocycles. The number of hydrogen-bond acceptors (Lipinski definition) is 5. The van der Waals surface area contributed by atoms with Gasteiger partial charge in [0, 0.05) is 37.0 Å². The molecule has 0 aromatic carbocycles. The molecule has 0 amide bonds. The smallest absolute Gasteiger partial charge is 0.313 e. The molecule has 0 unspecified atom stereocenters. The van der Waals surface area contributed by atoms with Gasteiger partial charge in [-0.25, -0.2) is 9.97 Å². The van der Waals surface area contributed by atoms with Gasteiger partial charge in [-0.2, -0.15) is 0 Å². The van der Waals surface area contributed by atoms with Crippen molar-refractivity contribution in [3.63, 3.8) is 0 Å². The maximum absolute atomic E-state index is 11.0. The van der Waals surface area contributed by atoms with E-state index in [1.807, 2.05) is 0 Å². The highest BCUT2D eigenvalue weighted by molar-refractivity contribution is 5.71. The Morgan fingerprint density at radius 1 is 1.67 bits per heavy atom. The van der Waals surface area contributed by atoms with E-state index >= 15 is 0 Å². The highest BCUT2D eigenvalue weighted by Gasteiger charge is 2.13. The number of hydrogen-bond donors (Lipinski definition) is 1. The molecule has 0 spiro atoms. The Morgan fingerprint density at radius 2 is 2.53 bits per heavy atom. The van der Waals surface area contributed by atoms with Crippen LogP contribution < -0.4 is 5.32 Å². The van der Waals surface area contributed by atoms with Gasteiger partial charge in [0.25, 0.3) is 0 Å². The lowest BCUT2D eigenvalue weighted by atomic mass is 10.1. The van der Waals surface area contributed by atoms with Gasteiger partial charge in [-0.15, -0.1) is 0 Å². The summed E-state index contributed by atoms with van der Waals surface area (Å²) < 4.78 is 4.57. The number of ether oxygens (including phenoxy) is 1. The van der Waals surface area contributed by atoms with E-state index in [1.165, 1.54) is 7.11 Å². The van der Waals surface area contributed by atoms with Crippen LogP contribution in [0.2, 0.25) is 0 Å². The first-order valence-electron chi connectivity index (χ1n) is 4.91. The van der Waals surface area contributed by atoms with Gasteiger partial charge < -0.3 is 10.1 Å². The van der Waals surface area contributed by atoms with Crippen LogP contribution in [0.3, 0.4) is 0 Å². The summed E-state index contributed by atoms with van der Waals surface area (Å²) in [6, 6.07) is 0. The number of nitrogens with zero attached hydrogens (tertiary/aromatic N) is 2. The zero-order valence-corrected chi connectivity index (χ0v) is 8.62. The van der Waals surface area contributed by atoms with Crippen LogP contribution in [-0.2, 0) is 28.9 Å².